The van der Waals surface area contributed by atoms with Crippen LogP contribution in [0.2, 0.25) is 0 Å². The van der Waals surface area contributed by atoms with E-state index in [2.05, 4.69) is 5.32 Å². The van der Waals surface area contributed by atoms with Crippen molar-refractivity contribution in [1.82, 2.24) is 0 Å². The number of sulfonamides is 1. The van der Waals surface area contributed by atoms with E-state index in [-0.39, 0.29) is 24.1 Å². The summed E-state index contributed by atoms with van der Waals surface area (Å²) in [6, 6.07) is 8.23. The molecule has 0 aliphatic heterocycles. The third-order valence-electron chi connectivity index (χ3n) is 5.28. The standard InChI is InChI=1S/C24H20F6N2O6S/c1-36-16-5-7-19(37-2)13(9-16)12-38-20-11-15(4-8-21(20)39(31,34)35)32-22(33)17-6-3-14(23(25,26)27)10-18(17)24(28,29)30/h3-11H,12H2,1-2H3,(H,32,33)(H2,31,34,35). The van der Waals surface area contributed by atoms with Crippen molar-refractivity contribution in [2.45, 2.75) is 23.9 Å². The average Bonchev–Trinajstić information content (AvgIpc) is 2.85. The highest BCUT2D eigenvalue weighted by Gasteiger charge is 2.39. The van der Waals surface area contributed by atoms with Crippen molar-refractivity contribution >= 4 is 21.6 Å². The summed E-state index contributed by atoms with van der Waals surface area (Å²) in [6.45, 7) is -0.280. The van der Waals surface area contributed by atoms with Gasteiger partial charge in [0, 0.05) is 17.3 Å². The Morgan fingerprint density at radius 3 is 2.13 bits per heavy atom. The normalized spacial score (nSPS) is 12.1. The molecule has 8 nitrogen and oxygen atoms in total. The highest BCUT2D eigenvalue weighted by molar-refractivity contribution is 7.89. The number of nitrogens with one attached hydrogen (secondary N) is 1. The molecule has 0 saturated heterocycles. The molecule has 210 valence electrons. The van der Waals surface area contributed by atoms with Gasteiger partial charge in [0.2, 0.25) is 10.0 Å². The van der Waals surface area contributed by atoms with Crippen LogP contribution in [0.3, 0.4) is 0 Å². The molecule has 0 unspecified atom stereocenters. The molecular formula is C24H20F6N2O6S. The minimum atomic E-state index is -5.28. The maximum Gasteiger partial charge on any atom is 0.417 e. The number of rotatable bonds is 8. The summed E-state index contributed by atoms with van der Waals surface area (Å²) in [5.41, 5.74) is -4.29. The summed E-state index contributed by atoms with van der Waals surface area (Å²) < 4.78 is 119. The van der Waals surface area contributed by atoms with Crippen molar-refractivity contribution in [2.75, 3.05) is 19.5 Å². The molecular weight excluding hydrogens is 558 g/mol. The Morgan fingerprint density at radius 2 is 1.56 bits per heavy atom. The first-order valence-electron chi connectivity index (χ1n) is 10.6. The van der Waals surface area contributed by atoms with Crippen LogP contribution in [-0.2, 0) is 29.0 Å². The van der Waals surface area contributed by atoms with Gasteiger partial charge in [-0.2, -0.15) is 26.3 Å². The van der Waals surface area contributed by atoms with Crippen LogP contribution in [0.15, 0.2) is 59.5 Å². The van der Waals surface area contributed by atoms with Crippen molar-refractivity contribution in [3.05, 3.63) is 76.9 Å². The highest BCUT2D eigenvalue weighted by atomic mass is 32.2. The van der Waals surface area contributed by atoms with E-state index in [1.807, 2.05) is 0 Å². The van der Waals surface area contributed by atoms with Crippen molar-refractivity contribution in [1.29, 1.82) is 0 Å². The maximum atomic E-state index is 13.5. The van der Waals surface area contributed by atoms with Crippen LogP contribution < -0.4 is 24.7 Å². The van der Waals surface area contributed by atoms with Crippen LogP contribution in [0, 0.1) is 0 Å². The number of anilines is 1. The number of primary sulfonamides is 1. The molecule has 0 spiro atoms. The first kappa shape index (κ1) is 29.6. The summed E-state index contributed by atoms with van der Waals surface area (Å²) in [4.78, 5) is 12.2. The number of carbonyl (C=O) groups excluding carboxylic acids is 1. The van der Waals surface area contributed by atoms with Gasteiger partial charge >= 0.3 is 12.4 Å². The van der Waals surface area contributed by atoms with E-state index in [1.165, 1.54) is 14.2 Å². The molecule has 0 saturated carbocycles. The molecule has 3 aromatic carbocycles. The Kier molecular flexibility index (Phi) is 8.36. The molecule has 3 aromatic rings. The number of methoxy groups -OCH3 is 2. The lowest BCUT2D eigenvalue weighted by Crippen LogP contribution is -2.20. The molecule has 3 rings (SSSR count). The number of hydrogen-bond donors (Lipinski definition) is 2. The van der Waals surface area contributed by atoms with Crippen LogP contribution >= 0.6 is 0 Å². The molecule has 0 aromatic heterocycles. The molecule has 0 atom stereocenters. The number of ether oxygens (including phenoxy) is 3. The van der Waals surface area contributed by atoms with E-state index in [0.29, 0.717) is 29.2 Å². The first-order valence-corrected chi connectivity index (χ1v) is 12.2. The fourth-order valence-corrected chi connectivity index (χ4v) is 4.09. The zero-order valence-corrected chi connectivity index (χ0v) is 20.9. The summed E-state index contributed by atoms with van der Waals surface area (Å²) in [6.07, 6.45) is -10.4. The Balaban J connectivity index is 1.97. The number of carbonyl (C=O) groups is 1. The van der Waals surface area contributed by atoms with Gasteiger partial charge < -0.3 is 19.5 Å². The van der Waals surface area contributed by atoms with Gasteiger partial charge in [0.05, 0.1) is 30.9 Å². The summed E-state index contributed by atoms with van der Waals surface area (Å²) in [5.74, 6) is -0.984. The fourth-order valence-electron chi connectivity index (χ4n) is 3.44. The first-order chi connectivity index (χ1) is 18.0. The largest absolute Gasteiger partial charge is 0.497 e. The van der Waals surface area contributed by atoms with Gasteiger partial charge in [-0.1, -0.05) is 0 Å². The molecule has 0 bridgehead atoms. The van der Waals surface area contributed by atoms with Crippen molar-refractivity contribution in [2.24, 2.45) is 5.14 Å². The average molecular weight is 578 g/mol. The molecule has 0 heterocycles. The topological polar surface area (TPSA) is 117 Å². The predicted octanol–water partition coefficient (Wildman–Crippen LogP) is 5.22. The molecule has 0 aliphatic carbocycles. The third-order valence-corrected chi connectivity index (χ3v) is 6.23. The van der Waals surface area contributed by atoms with E-state index in [9.17, 15) is 39.6 Å². The highest BCUT2D eigenvalue weighted by Crippen LogP contribution is 2.38. The third kappa shape index (κ3) is 7.11. The fraction of sp³-hybridized carbons (Fsp3) is 0.208. The summed E-state index contributed by atoms with van der Waals surface area (Å²) >= 11 is 0. The SMILES string of the molecule is COc1ccc(OC)c(COc2cc(NC(=O)c3ccc(C(F)(F)F)cc3C(F)(F)F)ccc2S(N)(=O)=O)c1. The van der Waals surface area contributed by atoms with E-state index in [1.54, 1.807) is 18.2 Å². The van der Waals surface area contributed by atoms with Gasteiger partial charge in [-0.25, -0.2) is 13.6 Å². The molecule has 3 N–H and O–H groups in total. The molecule has 0 radical (unpaired) electrons. The minimum Gasteiger partial charge on any atom is -0.497 e. The maximum absolute atomic E-state index is 13.5. The second-order valence-corrected chi connectivity index (χ2v) is 9.41. The second-order valence-electron chi connectivity index (χ2n) is 7.88. The molecule has 39 heavy (non-hydrogen) atoms. The Bertz CT molecular complexity index is 1490. The number of hydrogen-bond acceptors (Lipinski definition) is 6. The van der Waals surface area contributed by atoms with Gasteiger partial charge in [0.15, 0.2) is 0 Å². The van der Waals surface area contributed by atoms with Crippen LogP contribution in [0.25, 0.3) is 0 Å². The van der Waals surface area contributed by atoms with Gasteiger partial charge in [0.1, 0.15) is 28.8 Å². The molecule has 0 aliphatic rings. The van der Waals surface area contributed by atoms with Gasteiger partial charge in [-0.05, 0) is 48.5 Å². The molecule has 15 heteroatoms. The minimum absolute atomic E-state index is 0.172. The van der Waals surface area contributed by atoms with Crippen LogP contribution in [0.5, 0.6) is 17.2 Å². The van der Waals surface area contributed by atoms with Crippen molar-refractivity contribution in [3.8, 4) is 17.2 Å². The Morgan fingerprint density at radius 1 is 0.872 bits per heavy atom. The Labute approximate surface area is 218 Å². The van der Waals surface area contributed by atoms with E-state index < -0.39 is 49.9 Å². The molecule has 0 fully saturated rings. The summed E-state index contributed by atoms with van der Waals surface area (Å²) in [7, 11) is -1.56. The quantitative estimate of drug-likeness (QED) is 0.354. The Hall–Kier alpha value is -3.98. The second kappa shape index (κ2) is 11.0. The van der Waals surface area contributed by atoms with E-state index >= 15 is 0 Å². The lowest BCUT2D eigenvalue weighted by atomic mass is 10.0. The van der Waals surface area contributed by atoms with Crippen molar-refractivity contribution < 1.29 is 53.8 Å². The number of alkyl halides is 6. The zero-order valence-electron chi connectivity index (χ0n) is 20.1. The lowest BCUT2D eigenvalue weighted by molar-refractivity contribution is -0.143. The smallest absolute Gasteiger partial charge is 0.417 e. The van der Waals surface area contributed by atoms with E-state index in [4.69, 9.17) is 19.3 Å². The number of benzene rings is 3. The van der Waals surface area contributed by atoms with Crippen molar-refractivity contribution in [3.63, 3.8) is 0 Å². The van der Waals surface area contributed by atoms with Gasteiger partial charge in [-0.15, -0.1) is 0 Å². The van der Waals surface area contributed by atoms with Gasteiger partial charge in [-0.3, -0.25) is 4.79 Å². The summed E-state index contributed by atoms with van der Waals surface area (Å²) in [5, 5.41) is 7.34. The lowest BCUT2D eigenvalue weighted by Gasteiger charge is -2.17. The number of amides is 1. The van der Waals surface area contributed by atoms with E-state index in [0.717, 1.165) is 18.2 Å². The number of halogens is 6. The van der Waals surface area contributed by atoms with Crippen LogP contribution in [-0.4, -0.2) is 28.5 Å². The van der Waals surface area contributed by atoms with Crippen LogP contribution in [0.1, 0.15) is 27.0 Å². The predicted molar refractivity (Wildman–Crippen MR) is 126 cm³/mol. The van der Waals surface area contributed by atoms with Gasteiger partial charge in [0.25, 0.3) is 5.91 Å². The van der Waals surface area contributed by atoms with Crippen LogP contribution in [0.4, 0.5) is 32.0 Å². The zero-order chi connectivity index (χ0) is 29.2. The number of nitrogens with two attached hydrogens (primary N) is 1. The monoisotopic (exact) mass is 578 g/mol. The molecule has 1 amide bonds.